The summed E-state index contributed by atoms with van der Waals surface area (Å²) in [7, 11) is -1.71. The second kappa shape index (κ2) is 17.1. The summed E-state index contributed by atoms with van der Waals surface area (Å²) >= 11 is 0. The summed E-state index contributed by atoms with van der Waals surface area (Å²) in [6.07, 6.45) is -0.419. The Labute approximate surface area is 290 Å². The zero-order chi connectivity index (χ0) is 36.9. The summed E-state index contributed by atoms with van der Waals surface area (Å²) in [6.45, 7) is 12.7. The van der Waals surface area contributed by atoms with E-state index in [1.165, 1.54) is 21.5 Å². The van der Waals surface area contributed by atoms with Gasteiger partial charge in [-0.25, -0.2) is 14.3 Å². The fraction of sp³-hybridized carbons (Fsp3) is 0.688. The summed E-state index contributed by atoms with van der Waals surface area (Å²) in [6, 6.07) is 1.48. The van der Waals surface area contributed by atoms with E-state index in [1.54, 1.807) is 20.8 Å². The molecule has 2 aliphatic rings. The predicted octanol–water partition coefficient (Wildman–Crippen LogP) is 1.44. The molecule has 276 valence electrons. The molecule has 18 heteroatoms. The second-order valence-corrected chi connectivity index (χ2v) is 14.7. The molecule has 0 aliphatic carbocycles. The third kappa shape index (κ3) is 9.24. The number of hydrogen-bond donors (Lipinski definition) is 4. The van der Waals surface area contributed by atoms with Gasteiger partial charge in [0.25, 0.3) is 19.6 Å². The van der Waals surface area contributed by atoms with Crippen molar-refractivity contribution >= 4 is 14.4 Å². The van der Waals surface area contributed by atoms with Crippen LogP contribution in [0.5, 0.6) is 0 Å². The Hall–Kier alpha value is -3.49. The van der Waals surface area contributed by atoms with Crippen molar-refractivity contribution in [2.45, 2.75) is 123 Å². The van der Waals surface area contributed by atoms with Crippen molar-refractivity contribution in [3.8, 4) is 6.07 Å². The lowest BCUT2D eigenvalue weighted by Gasteiger charge is -2.38. The number of aryl methyl sites for hydroxylation is 2. The largest absolute Gasteiger partial charge is 0.394 e. The van der Waals surface area contributed by atoms with E-state index >= 15 is 0 Å². The van der Waals surface area contributed by atoms with Crippen molar-refractivity contribution in [1.82, 2.24) is 29.1 Å². The van der Waals surface area contributed by atoms with Crippen molar-refractivity contribution in [2.75, 3.05) is 13.2 Å². The molecule has 4 N–H and O–H groups in total. The number of rotatable bonds is 15. The Morgan fingerprint density at radius 2 is 1.58 bits per heavy atom. The quantitative estimate of drug-likeness (QED) is 0.152. The molecule has 0 aromatic carbocycles. The van der Waals surface area contributed by atoms with Crippen molar-refractivity contribution < 1.29 is 28.4 Å². The van der Waals surface area contributed by atoms with Gasteiger partial charge in [0.05, 0.1) is 44.0 Å². The van der Waals surface area contributed by atoms with Gasteiger partial charge in [-0.3, -0.25) is 33.5 Å². The summed E-state index contributed by atoms with van der Waals surface area (Å²) < 4.78 is 29.7. The van der Waals surface area contributed by atoms with E-state index in [9.17, 15) is 29.1 Å². The van der Waals surface area contributed by atoms with Crippen LogP contribution in [0, 0.1) is 31.1 Å². The number of hydrogen-bond acceptors (Lipinski definition) is 12. The molecule has 2 aromatic heterocycles. The maximum Gasteiger partial charge on any atom is 0.330 e. The van der Waals surface area contributed by atoms with Gasteiger partial charge in [0.1, 0.15) is 18.6 Å². The summed E-state index contributed by atoms with van der Waals surface area (Å²) in [5, 5.41) is 22.2. The molecule has 2 fully saturated rings. The first-order valence-corrected chi connectivity index (χ1v) is 17.9. The number of nitriles is 1. The van der Waals surface area contributed by atoms with Crippen molar-refractivity contribution in [1.29, 1.82) is 5.26 Å². The lowest BCUT2D eigenvalue weighted by molar-refractivity contribution is -0.125. The van der Waals surface area contributed by atoms with Crippen LogP contribution in [0.4, 0.5) is 0 Å². The monoisotopic (exact) mass is 721 g/mol. The van der Waals surface area contributed by atoms with Gasteiger partial charge in [0.2, 0.25) is 5.91 Å². The lowest BCUT2D eigenvalue weighted by Crippen LogP contribution is -2.47. The minimum Gasteiger partial charge on any atom is -0.394 e. The zero-order valence-electron chi connectivity index (χ0n) is 29.5. The molecule has 1 unspecified atom stereocenters. The lowest BCUT2D eigenvalue weighted by atomic mass is 9.96. The van der Waals surface area contributed by atoms with Crippen molar-refractivity contribution in [3.05, 3.63) is 65.2 Å². The molecule has 1 amide bonds. The highest BCUT2D eigenvalue weighted by molar-refractivity contribution is 7.44. The van der Waals surface area contributed by atoms with Gasteiger partial charge in [-0.05, 0) is 54.9 Å². The number of amides is 1. The van der Waals surface area contributed by atoms with Crippen LogP contribution in [0.1, 0.15) is 83.9 Å². The van der Waals surface area contributed by atoms with Crippen LogP contribution in [0.2, 0.25) is 0 Å². The van der Waals surface area contributed by atoms with Gasteiger partial charge < -0.3 is 28.9 Å². The van der Waals surface area contributed by atoms with Gasteiger partial charge in [-0.15, -0.1) is 0 Å². The number of ether oxygens (including phenoxy) is 2. The number of H-pyrrole nitrogens is 2. The minimum atomic E-state index is -1.71. The fourth-order valence-corrected chi connectivity index (χ4v) is 8.13. The molecular weight excluding hydrogens is 673 g/mol. The van der Waals surface area contributed by atoms with Crippen LogP contribution in [0.3, 0.4) is 0 Å². The van der Waals surface area contributed by atoms with Crippen LogP contribution in [-0.2, 0) is 23.3 Å². The molecule has 2 saturated heterocycles. The van der Waals surface area contributed by atoms with Gasteiger partial charge >= 0.3 is 11.4 Å². The maximum absolute atomic E-state index is 13.5. The van der Waals surface area contributed by atoms with Crippen LogP contribution in [0.15, 0.2) is 31.6 Å². The molecule has 8 atom stereocenters. The molecule has 0 saturated carbocycles. The molecule has 2 aliphatic heterocycles. The van der Waals surface area contributed by atoms with E-state index in [0.717, 1.165) is 0 Å². The number of carbonyl (C=O) groups is 1. The average Bonchev–Trinajstić information content (AvgIpc) is 3.64. The van der Waals surface area contributed by atoms with Gasteiger partial charge in [0, 0.05) is 54.4 Å². The van der Waals surface area contributed by atoms with Crippen LogP contribution < -0.4 is 27.8 Å². The first-order valence-electron chi connectivity index (χ1n) is 16.7. The van der Waals surface area contributed by atoms with E-state index in [4.69, 9.17) is 23.8 Å². The molecule has 4 rings (SSSR count). The number of nitrogens with zero attached hydrogens (tertiary/aromatic N) is 4. The highest BCUT2D eigenvalue weighted by Gasteiger charge is 2.45. The highest BCUT2D eigenvalue weighted by atomic mass is 31.2. The minimum absolute atomic E-state index is 0.0224. The molecule has 0 radical (unpaired) electrons. The first-order chi connectivity index (χ1) is 23.6. The molecule has 2 aromatic rings. The second-order valence-electron chi connectivity index (χ2n) is 13.3. The van der Waals surface area contributed by atoms with E-state index in [-0.39, 0.29) is 56.9 Å². The molecule has 17 nitrogen and oxygen atoms in total. The van der Waals surface area contributed by atoms with Gasteiger partial charge in [-0.1, -0.05) is 0 Å². The van der Waals surface area contributed by atoms with Gasteiger partial charge in [0.15, 0.2) is 0 Å². The van der Waals surface area contributed by atoms with Crippen LogP contribution in [-0.4, -0.2) is 84.4 Å². The van der Waals surface area contributed by atoms with Crippen LogP contribution >= 0.6 is 8.53 Å². The van der Waals surface area contributed by atoms with Crippen molar-refractivity contribution in [3.63, 3.8) is 0 Å². The average molecular weight is 722 g/mol. The molecule has 0 spiro atoms. The Morgan fingerprint density at radius 3 is 2.10 bits per heavy atom. The Bertz CT molecular complexity index is 1760. The third-order valence-corrected chi connectivity index (χ3v) is 10.9. The van der Waals surface area contributed by atoms with Gasteiger partial charge in [-0.2, -0.15) is 5.26 Å². The molecule has 4 heterocycles. The van der Waals surface area contributed by atoms with E-state index < -0.39 is 73.8 Å². The third-order valence-electron chi connectivity index (χ3n) is 8.79. The fourth-order valence-electron chi connectivity index (χ4n) is 6.39. The molecule has 0 bridgehead atoms. The normalized spacial score (nSPS) is 24.9. The number of aromatic amines is 2. The zero-order valence-corrected chi connectivity index (χ0v) is 30.3. The number of aliphatic hydroxyl groups is 1. The summed E-state index contributed by atoms with van der Waals surface area (Å²) in [4.78, 5) is 67.3. The van der Waals surface area contributed by atoms with Crippen molar-refractivity contribution in [2.24, 2.45) is 5.92 Å². The van der Waals surface area contributed by atoms with Crippen LogP contribution in [0.25, 0.3) is 0 Å². The molecular formula is C32H48N7O10P. The first kappa shape index (κ1) is 39.3. The summed E-state index contributed by atoms with van der Waals surface area (Å²) in [5.41, 5.74) is -1.68. The topological polar surface area (TPSA) is 223 Å². The van der Waals surface area contributed by atoms with E-state index in [2.05, 4.69) is 26.0 Å². The van der Waals surface area contributed by atoms with E-state index in [0.29, 0.717) is 11.1 Å². The Balaban J connectivity index is 1.55. The summed E-state index contributed by atoms with van der Waals surface area (Å²) in [5.74, 6) is -0.813. The number of carbonyl (C=O) groups excluding carboxylic acids is 1. The predicted molar refractivity (Wildman–Crippen MR) is 182 cm³/mol. The Morgan fingerprint density at radius 1 is 1.02 bits per heavy atom. The SMILES string of the molecule is Cc1cn([C@H]2C[C@H](OP(OCCC#N)N(C(C)C)C(C)C)[C@@H]([C@H](C)NC(=O)C[C@H]3C[C@H](n4cc(C)c(=O)[nH]c4=O)O[C@@H]3CO)O2)c(=O)[nH]c1=O. The Kier molecular flexibility index (Phi) is 13.5. The standard InChI is InChI=1S/C32H48N7O10P/c1-17(2)39(18(3)4)50(46-10-8-9-33)49-23-13-27(38-15-20(6)30(43)36-32(38)45)48-28(23)21(7)34-25(41)11-22-12-26(47-24(22)16-40)37-14-19(5)29(42)35-31(37)44/h14-15,17-18,21-24,26-28,40H,8,10-13,16H2,1-7H3,(H,34,41)(H,35,42,44)(H,36,43,45)/t21-,22-,23-,24+,26+,27+,28+,50?/m0/s1. The smallest absolute Gasteiger partial charge is 0.330 e. The number of aliphatic hydroxyl groups excluding tert-OH is 1. The van der Waals surface area contributed by atoms with E-state index in [1.807, 2.05) is 27.7 Å². The highest BCUT2D eigenvalue weighted by Crippen LogP contribution is 2.50. The number of nitrogens with one attached hydrogen (secondary N) is 3. The maximum atomic E-state index is 13.5. The molecule has 50 heavy (non-hydrogen) atoms. The number of aromatic nitrogens is 4.